The largest absolute Gasteiger partial charge is 0.479 e. The zero-order valence-corrected chi connectivity index (χ0v) is 18.8. The highest BCUT2D eigenvalue weighted by molar-refractivity contribution is 6.23. The minimum Gasteiger partial charge on any atom is -0.479 e. The molecule has 3 nitrogen and oxygen atoms in total. The SMILES string of the molecule is CCCCCC1=CC(=O)C2=C(O[C@@](C)(CC/C=C(\C)CCC=C(C)C)C=C2)C1=O. The van der Waals surface area contributed by atoms with Gasteiger partial charge >= 0.3 is 0 Å². The predicted molar refractivity (Wildman–Crippen MR) is 120 cm³/mol. The summed E-state index contributed by atoms with van der Waals surface area (Å²) < 4.78 is 6.13. The molecule has 0 aromatic heterocycles. The Labute approximate surface area is 176 Å². The van der Waals surface area contributed by atoms with E-state index in [1.165, 1.54) is 17.2 Å². The van der Waals surface area contributed by atoms with E-state index >= 15 is 0 Å². The van der Waals surface area contributed by atoms with Gasteiger partial charge in [0.25, 0.3) is 0 Å². The fourth-order valence-corrected chi connectivity index (χ4v) is 3.65. The Hall–Kier alpha value is -2.16. The van der Waals surface area contributed by atoms with Crippen LogP contribution in [0.25, 0.3) is 0 Å². The van der Waals surface area contributed by atoms with Crippen molar-refractivity contribution in [2.24, 2.45) is 0 Å². The van der Waals surface area contributed by atoms with Gasteiger partial charge in [0.15, 0.2) is 11.5 Å². The Morgan fingerprint density at radius 3 is 2.55 bits per heavy atom. The molecule has 1 heterocycles. The maximum absolute atomic E-state index is 12.9. The molecule has 0 N–H and O–H groups in total. The van der Waals surface area contributed by atoms with Crippen molar-refractivity contribution in [3.63, 3.8) is 0 Å². The molecule has 0 unspecified atom stereocenters. The number of hydrogen-bond donors (Lipinski definition) is 0. The maximum atomic E-state index is 12.9. The standard InChI is InChI=1S/C26H36O3/c1-6-7-8-14-21-18-23(27)22-15-17-26(5,29-25(22)24(21)28)16-10-13-20(4)12-9-11-19(2)3/h11,13,15,17-18H,6-10,12,14,16H2,1-5H3/b20-13+/t26-/m0/s1. The monoisotopic (exact) mass is 396 g/mol. The summed E-state index contributed by atoms with van der Waals surface area (Å²) in [5, 5.41) is 0. The van der Waals surface area contributed by atoms with Crippen LogP contribution in [0.5, 0.6) is 0 Å². The van der Waals surface area contributed by atoms with Gasteiger partial charge < -0.3 is 4.74 Å². The summed E-state index contributed by atoms with van der Waals surface area (Å²) in [6.45, 7) is 10.5. The number of allylic oxidation sites excluding steroid dienone is 8. The van der Waals surface area contributed by atoms with Crippen molar-refractivity contribution in [2.75, 3.05) is 0 Å². The smallest absolute Gasteiger partial charge is 0.224 e. The molecular formula is C26H36O3. The topological polar surface area (TPSA) is 43.4 Å². The van der Waals surface area contributed by atoms with Crippen LogP contribution in [0.15, 0.2) is 58.4 Å². The maximum Gasteiger partial charge on any atom is 0.224 e. The summed E-state index contributed by atoms with van der Waals surface area (Å²) >= 11 is 0. The van der Waals surface area contributed by atoms with E-state index in [9.17, 15) is 9.59 Å². The quantitative estimate of drug-likeness (QED) is 0.234. The second kappa shape index (κ2) is 10.6. The van der Waals surface area contributed by atoms with Crippen LogP contribution < -0.4 is 0 Å². The second-order valence-corrected chi connectivity index (χ2v) is 8.72. The lowest BCUT2D eigenvalue weighted by atomic mass is 9.87. The Kier molecular flexibility index (Phi) is 8.43. The zero-order valence-electron chi connectivity index (χ0n) is 18.8. The number of carbonyl (C=O) groups excluding carboxylic acids is 2. The van der Waals surface area contributed by atoms with E-state index in [0.29, 0.717) is 17.6 Å². The first kappa shape index (κ1) is 23.1. The molecule has 29 heavy (non-hydrogen) atoms. The van der Waals surface area contributed by atoms with Crippen LogP contribution >= 0.6 is 0 Å². The highest BCUT2D eigenvalue weighted by Gasteiger charge is 2.36. The molecule has 158 valence electrons. The molecule has 1 atom stereocenters. The minimum atomic E-state index is -0.558. The van der Waals surface area contributed by atoms with Crippen molar-refractivity contribution in [3.05, 3.63) is 58.4 Å². The van der Waals surface area contributed by atoms with Crippen LogP contribution in [0.4, 0.5) is 0 Å². The molecular weight excluding hydrogens is 360 g/mol. The lowest BCUT2D eigenvalue weighted by molar-refractivity contribution is -0.121. The molecule has 0 saturated heterocycles. The summed E-state index contributed by atoms with van der Waals surface area (Å²) in [5.74, 6) is 0.0254. The van der Waals surface area contributed by atoms with Crippen molar-refractivity contribution in [3.8, 4) is 0 Å². The van der Waals surface area contributed by atoms with Crippen LogP contribution in [-0.2, 0) is 14.3 Å². The average Bonchev–Trinajstić information content (AvgIpc) is 2.65. The molecule has 1 aliphatic carbocycles. The number of rotatable bonds is 10. The first-order chi connectivity index (χ1) is 13.8. The molecule has 0 spiro atoms. The normalized spacial score (nSPS) is 21.7. The number of Topliss-reactive ketones (excluding diaryl/α,β-unsaturated/α-hetero) is 1. The summed E-state index contributed by atoms with van der Waals surface area (Å²) in [5.41, 5.74) is 3.16. The molecule has 0 fully saturated rings. The van der Waals surface area contributed by atoms with Gasteiger partial charge in [-0.15, -0.1) is 0 Å². The van der Waals surface area contributed by atoms with Crippen molar-refractivity contribution in [1.82, 2.24) is 0 Å². The number of carbonyl (C=O) groups is 2. The highest BCUT2D eigenvalue weighted by atomic mass is 16.5. The third-order valence-corrected chi connectivity index (χ3v) is 5.53. The van der Waals surface area contributed by atoms with E-state index in [0.717, 1.165) is 44.9 Å². The van der Waals surface area contributed by atoms with Crippen molar-refractivity contribution in [2.45, 2.75) is 91.6 Å². The molecule has 3 heteroatoms. The van der Waals surface area contributed by atoms with Crippen LogP contribution in [0.1, 0.15) is 86.0 Å². The first-order valence-corrected chi connectivity index (χ1v) is 11.0. The number of ketones is 2. The predicted octanol–water partition coefficient (Wildman–Crippen LogP) is 6.72. The number of hydrogen-bond acceptors (Lipinski definition) is 3. The fourth-order valence-electron chi connectivity index (χ4n) is 3.65. The summed E-state index contributed by atoms with van der Waals surface area (Å²) in [6.07, 6.45) is 17.2. The van der Waals surface area contributed by atoms with Crippen molar-refractivity contribution >= 4 is 11.6 Å². The van der Waals surface area contributed by atoms with E-state index < -0.39 is 5.60 Å². The summed E-state index contributed by atoms with van der Waals surface area (Å²) in [4.78, 5) is 25.3. The van der Waals surface area contributed by atoms with Crippen molar-refractivity contribution in [1.29, 1.82) is 0 Å². The van der Waals surface area contributed by atoms with Crippen LogP contribution in [-0.4, -0.2) is 17.2 Å². The number of unbranched alkanes of at least 4 members (excludes halogenated alkanes) is 2. The summed E-state index contributed by atoms with van der Waals surface area (Å²) in [6, 6.07) is 0. The van der Waals surface area contributed by atoms with Gasteiger partial charge in [-0.05, 0) is 84.4 Å². The lowest BCUT2D eigenvalue weighted by Crippen LogP contribution is -2.34. The fraction of sp³-hybridized carbons (Fsp3) is 0.538. The summed E-state index contributed by atoms with van der Waals surface area (Å²) in [7, 11) is 0. The second-order valence-electron chi connectivity index (χ2n) is 8.72. The molecule has 0 aromatic carbocycles. The van der Waals surface area contributed by atoms with Gasteiger partial charge in [0.05, 0.1) is 5.57 Å². The molecule has 0 radical (unpaired) electrons. The molecule has 0 bridgehead atoms. The van der Waals surface area contributed by atoms with Gasteiger partial charge in [-0.25, -0.2) is 0 Å². The van der Waals surface area contributed by atoms with E-state index in [1.807, 2.05) is 13.0 Å². The molecule has 0 aromatic rings. The van der Waals surface area contributed by atoms with Crippen molar-refractivity contribution < 1.29 is 14.3 Å². The van der Waals surface area contributed by atoms with Gasteiger partial charge in [0, 0.05) is 5.57 Å². The molecule has 2 rings (SSSR count). The van der Waals surface area contributed by atoms with Gasteiger partial charge in [0.2, 0.25) is 5.78 Å². The molecule has 2 aliphatic rings. The number of ether oxygens (including phenoxy) is 1. The van der Waals surface area contributed by atoms with E-state index in [4.69, 9.17) is 4.74 Å². The Balaban J connectivity index is 1.98. The zero-order chi connectivity index (χ0) is 21.4. The molecule has 0 amide bonds. The van der Waals surface area contributed by atoms with E-state index in [-0.39, 0.29) is 17.3 Å². The van der Waals surface area contributed by atoms with Gasteiger partial charge in [-0.2, -0.15) is 0 Å². The van der Waals surface area contributed by atoms with Gasteiger partial charge in [-0.3, -0.25) is 9.59 Å². The molecule has 1 aliphatic heterocycles. The molecule has 0 saturated carbocycles. The average molecular weight is 397 g/mol. The van der Waals surface area contributed by atoms with Gasteiger partial charge in [-0.1, -0.05) is 43.1 Å². The lowest BCUT2D eigenvalue weighted by Gasteiger charge is -2.33. The highest BCUT2D eigenvalue weighted by Crippen LogP contribution is 2.35. The van der Waals surface area contributed by atoms with Gasteiger partial charge in [0.1, 0.15) is 5.60 Å². The minimum absolute atomic E-state index is 0.111. The first-order valence-electron chi connectivity index (χ1n) is 11.0. The van der Waals surface area contributed by atoms with E-state index in [2.05, 4.69) is 39.8 Å². The third kappa shape index (κ3) is 6.69. The Morgan fingerprint density at radius 1 is 1.10 bits per heavy atom. The Bertz CT molecular complexity index is 785. The van der Waals surface area contributed by atoms with Crippen LogP contribution in [0, 0.1) is 0 Å². The van der Waals surface area contributed by atoms with E-state index in [1.54, 1.807) is 6.08 Å². The Morgan fingerprint density at radius 2 is 1.86 bits per heavy atom. The third-order valence-electron chi connectivity index (χ3n) is 5.53. The van der Waals surface area contributed by atoms with Crippen LogP contribution in [0.2, 0.25) is 0 Å². The van der Waals surface area contributed by atoms with Crippen LogP contribution in [0.3, 0.4) is 0 Å².